The number of rotatable bonds is 2. The van der Waals surface area contributed by atoms with Crippen LogP contribution in [0.15, 0.2) is 30.0 Å². The number of Topliss-reactive ketones (excluding diaryl/α,β-unsaturated/α-hetero) is 1. The van der Waals surface area contributed by atoms with Crippen molar-refractivity contribution in [2.24, 2.45) is 0 Å². The molecule has 1 aliphatic rings. The molecule has 0 spiro atoms. The molecule has 1 aliphatic carbocycles. The van der Waals surface area contributed by atoms with E-state index in [2.05, 4.69) is 0 Å². The summed E-state index contributed by atoms with van der Waals surface area (Å²) < 4.78 is 0. The molecule has 1 aromatic rings. The fourth-order valence-electron chi connectivity index (χ4n) is 1.77. The molecule has 5 heteroatoms. The van der Waals surface area contributed by atoms with Gasteiger partial charge in [-0.15, -0.1) is 0 Å². The number of hydrogen-bond donors (Lipinski definition) is 0. The molecule has 0 fully saturated rings. The molecule has 92 valence electrons. The maximum atomic E-state index is 11.8. The van der Waals surface area contributed by atoms with Crippen LogP contribution in [-0.4, -0.2) is 29.7 Å². The van der Waals surface area contributed by atoms with Gasteiger partial charge in [0.1, 0.15) is 0 Å². The number of allylic oxidation sites excluding steroid dienone is 1. The first-order valence-corrected chi connectivity index (χ1v) is 5.38. The maximum absolute atomic E-state index is 11.8. The molecule has 0 aliphatic heterocycles. The highest BCUT2D eigenvalue weighted by Gasteiger charge is 2.11. The number of non-ortho nitro benzene ring substituents is 1. The minimum Gasteiger partial charge on any atom is -0.383 e. The van der Waals surface area contributed by atoms with Crippen molar-refractivity contribution in [3.63, 3.8) is 0 Å². The molecule has 0 N–H and O–H groups in total. The van der Waals surface area contributed by atoms with Crippen LogP contribution in [0.1, 0.15) is 0 Å². The lowest BCUT2D eigenvalue weighted by Crippen LogP contribution is -2.30. The van der Waals surface area contributed by atoms with Crippen LogP contribution >= 0.6 is 0 Å². The lowest BCUT2D eigenvalue weighted by atomic mass is 10.0. The summed E-state index contributed by atoms with van der Waals surface area (Å²) in [5.74, 6) is -0.142. The van der Waals surface area contributed by atoms with Crippen LogP contribution in [0.4, 0.5) is 5.69 Å². The second-order valence-electron chi connectivity index (χ2n) is 4.27. The molecule has 0 amide bonds. The SMILES string of the molecule is CN(C)C=C1C=c2ccc([N+](=O)[O-])cc2=CC1=O. The van der Waals surface area contributed by atoms with E-state index in [1.165, 1.54) is 18.2 Å². The van der Waals surface area contributed by atoms with E-state index in [-0.39, 0.29) is 11.5 Å². The normalized spacial score (nSPS) is 15.7. The number of benzene rings is 1. The Morgan fingerprint density at radius 2 is 1.94 bits per heavy atom. The minimum absolute atomic E-state index is 0.00811. The number of nitro benzene ring substituents is 1. The average molecular weight is 244 g/mol. The predicted octanol–water partition coefficient (Wildman–Crippen LogP) is 0.184. The highest BCUT2D eigenvalue weighted by molar-refractivity contribution is 6.22. The first-order chi connectivity index (χ1) is 8.47. The van der Waals surface area contributed by atoms with Crippen molar-refractivity contribution in [2.75, 3.05) is 14.1 Å². The van der Waals surface area contributed by atoms with Gasteiger partial charge in [-0.3, -0.25) is 14.9 Å². The standard InChI is InChI=1S/C13H12N2O3/c1-14(2)8-11-5-9-3-4-12(15(17)18)6-10(9)7-13(11)16/h3-8H,1-2H3. The second kappa shape index (κ2) is 4.44. The number of fused-ring (bicyclic) bond motifs is 1. The van der Waals surface area contributed by atoms with E-state index in [0.717, 1.165) is 5.22 Å². The molecule has 18 heavy (non-hydrogen) atoms. The maximum Gasteiger partial charge on any atom is 0.270 e. The number of ketones is 1. The number of carbonyl (C=O) groups excluding carboxylic acids is 1. The fourth-order valence-corrected chi connectivity index (χ4v) is 1.77. The number of hydrogen-bond acceptors (Lipinski definition) is 4. The molecule has 0 heterocycles. The van der Waals surface area contributed by atoms with Crippen molar-refractivity contribution in [3.05, 3.63) is 50.5 Å². The molecule has 2 rings (SSSR count). The minimum atomic E-state index is -0.468. The first-order valence-electron chi connectivity index (χ1n) is 5.38. The molecule has 0 saturated carbocycles. The van der Waals surface area contributed by atoms with Gasteiger partial charge in [0, 0.05) is 38.0 Å². The van der Waals surface area contributed by atoms with Gasteiger partial charge in [-0.1, -0.05) is 0 Å². The van der Waals surface area contributed by atoms with Crippen molar-refractivity contribution in [3.8, 4) is 0 Å². The molecule has 0 unspecified atom stereocenters. The highest BCUT2D eigenvalue weighted by atomic mass is 16.6. The Morgan fingerprint density at radius 3 is 2.56 bits per heavy atom. The average Bonchev–Trinajstić information content (AvgIpc) is 2.28. The quantitative estimate of drug-likeness (QED) is 0.423. The Hall–Kier alpha value is -2.43. The number of carbonyl (C=O) groups is 1. The zero-order chi connectivity index (χ0) is 13.3. The van der Waals surface area contributed by atoms with Crippen molar-refractivity contribution in [1.29, 1.82) is 0 Å². The summed E-state index contributed by atoms with van der Waals surface area (Å²) in [7, 11) is 3.67. The van der Waals surface area contributed by atoms with Gasteiger partial charge in [0.25, 0.3) is 5.69 Å². The summed E-state index contributed by atoms with van der Waals surface area (Å²) in [4.78, 5) is 23.8. The van der Waals surface area contributed by atoms with Crippen LogP contribution < -0.4 is 10.4 Å². The number of nitro groups is 1. The molecular weight excluding hydrogens is 232 g/mol. The molecular formula is C13H12N2O3. The third kappa shape index (κ3) is 2.29. The molecule has 0 atom stereocenters. The van der Waals surface area contributed by atoms with E-state index in [9.17, 15) is 14.9 Å². The molecule has 0 bridgehead atoms. The van der Waals surface area contributed by atoms with Crippen LogP contribution in [0.25, 0.3) is 12.2 Å². The van der Waals surface area contributed by atoms with E-state index in [1.54, 1.807) is 23.2 Å². The van der Waals surface area contributed by atoms with Crippen molar-refractivity contribution in [1.82, 2.24) is 4.90 Å². The highest BCUT2D eigenvalue weighted by Crippen LogP contribution is 2.07. The Morgan fingerprint density at radius 1 is 1.22 bits per heavy atom. The zero-order valence-corrected chi connectivity index (χ0v) is 10.1. The van der Waals surface area contributed by atoms with Gasteiger partial charge in [0.05, 0.1) is 4.92 Å². The Labute approximate surface area is 103 Å². The zero-order valence-electron chi connectivity index (χ0n) is 10.1. The summed E-state index contributed by atoms with van der Waals surface area (Å²) in [6.45, 7) is 0. The van der Waals surface area contributed by atoms with Gasteiger partial charge >= 0.3 is 0 Å². The topological polar surface area (TPSA) is 63.4 Å². The summed E-state index contributed by atoms with van der Waals surface area (Å²) in [5, 5.41) is 12.1. The fraction of sp³-hybridized carbons (Fsp3) is 0.154. The lowest BCUT2D eigenvalue weighted by molar-refractivity contribution is -0.385. The third-order valence-corrected chi connectivity index (χ3v) is 2.56. The third-order valence-electron chi connectivity index (χ3n) is 2.56. The van der Waals surface area contributed by atoms with E-state index in [0.29, 0.717) is 10.8 Å². The van der Waals surface area contributed by atoms with Crippen molar-refractivity contribution < 1.29 is 9.72 Å². The Bertz CT molecular complexity index is 672. The van der Waals surface area contributed by atoms with Crippen molar-refractivity contribution >= 4 is 23.6 Å². The van der Waals surface area contributed by atoms with E-state index < -0.39 is 4.92 Å². The van der Waals surface area contributed by atoms with Gasteiger partial charge < -0.3 is 4.90 Å². The van der Waals surface area contributed by atoms with Gasteiger partial charge in [-0.25, -0.2) is 0 Å². The number of nitrogens with zero attached hydrogens (tertiary/aromatic N) is 2. The van der Waals surface area contributed by atoms with Crippen molar-refractivity contribution in [2.45, 2.75) is 0 Å². The first kappa shape index (κ1) is 12.0. The largest absolute Gasteiger partial charge is 0.383 e. The van der Waals surface area contributed by atoms with Gasteiger partial charge in [0.15, 0.2) is 5.78 Å². The van der Waals surface area contributed by atoms with E-state index >= 15 is 0 Å². The van der Waals surface area contributed by atoms with E-state index in [1.807, 2.05) is 14.1 Å². The van der Waals surface area contributed by atoms with Crippen LogP contribution in [0.5, 0.6) is 0 Å². The van der Waals surface area contributed by atoms with Gasteiger partial charge in [-0.05, 0) is 28.7 Å². The summed E-state index contributed by atoms with van der Waals surface area (Å²) in [6, 6.07) is 4.50. The smallest absolute Gasteiger partial charge is 0.270 e. The van der Waals surface area contributed by atoms with Crippen LogP contribution in [-0.2, 0) is 4.79 Å². The monoisotopic (exact) mass is 244 g/mol. The summed E-state index contributed by atoms with van der Waals surface area (Å²) >= 11 is 0. The second-order valence-corrected chi connectivity index (χ2v) is 4.27. The van der Waals surface area contributed by atoms with Crippen LogP contribution in [0.2, 0.25) is 0 Å². The summed E-state index contributed by atoms with van der Waals surface area (Å²) in [6.07, 6.45) is 4.89. The van der Waals surface area contributed by atoms with Crippen LogP contribution in [0, 0.1) is 10.1 Å². The molecule has 0 saturated heterocycles. The predicted molar refractivity (Wildman–Crippen MR) is 68.1 cm³/mol. The van der Waals surface area contributed by atoms with E-state index in [4.69, 9.17) is 0 Å². The summed E-state index contributed by atoms with van der Waals surface area (Å²) in [5.41, 5.74) is 0.563. The van der Waals surface area contributed by atoms with Crippen LogP contribution in [0.3, 0.4) is 0 Å². The molecule has 0 aromatic heterocycles. The lowest BCUT2D eigenvalue weighted by Gasteiger charge is -2.09. The van der Waals surface area contributed by atoms with Gasteiger partial charge in [0.2, 0.25) is 0 Å². The molecule has 5 nitrogen and oxygen atoms in total. The molecule has 1 aromatic carbocycles. The molecule has 0 radical (unpaired) electrons. The Balaban J connectivity index is 2.61. The van der Waals surface area contributed by atoms with Gasteiger partial charge in [-0.2, -0.15) is 0 Å². The Kier molecular flexibility index (Phi) is 2.97.